The third kappa shape index (κ3) is 3.84. The maximum absolute atomic E-state index is 12.6. The average Bonchev–Trinajstić information content (AvgIpc) is 3.32. The molecule has 0 bridgehead atoms. The normalized spacial score (nSPS) is 15.4. The van der Waals surface area contributed by atoms with Crippen molar-refractivity contribution in [3.8, 4) is 0 Å². The summed E-state index contributed by atoms with van der Waals surface area (Å²) in [5.74, 6) is -0.0334. The van der Waals surface area contributed by atoms with E-state index in [0.717, 1.165) is 25.9 Å². The van der Waals surface area contributed by atoms with Crippen LogP contribution < -0.4 is 5.32 Å². The summed E-state index contributed by atoms with van der Waals surface area (Å²) in [5.41, 5.74) is 0.481. The number of nitrogens with zero attached hydrogens (tertiary/aromatic N) is 4. The maximum Gasteiger partial charge on any atom is 0.272 e. The fourth-order valence-electron chi connectivity index (χ4n) is 2.82. The maximum atomic E-state index is 12.6. The third-order valence-electron chi connectivity index (χ3n) is 4.20. The standard InChI is InChI=1S/C17H21N5O3/c1-11(2)14(15-18-10-25-21-15)20-16(23)12-6-5-7-13(19-12)17(24)22-8-3-4-9-22/h5-7,10-11,14H,3-4,8-9H2,1-2H3,(H,20,23). The Bertz CT molecular complexity index is 739. The summed E-state index contributed by atoms with van der Waals surface area (Å²) < 4.78 is 4.76. The highest BCUT2D eigenvalue weighted by molar-refractivity contribution is 5.96. The highest BCUT2D eigenvalue weighted by Gasteiger charge is 2.25. The summed E-state index contributed by atoms with van der Waals surface area (Å²) in [6, 6.07) is 4.50. The van der Waals surface area contributed by atoms with Gasteiger partial charge in [0.15, 0.2) is 5.82 Å². The number of likely N-dealkylation sites (tertiary alicyclic amines) is 1. The molecule has 1 aliphatic heterocycles. The highest BCUT2D eigenvalue weighted by atomic mass is 16.5. The van der Waals surface area contributed by atoms with E-state index in [1.54, 1.807) is 23.1 Å². The molecule has 1 fully saturated rings. The van der Waals surface area contributed by atoms with E-state index in [4.69, 9.17) is 4.52 Å². The molecule has 1 aliphatic rings. The number of carbonyl (C=O) groups is 2. The molecule has 0 aliphatic carbocycles. The second-order valence-corrected chi connectivity index (χ2v) is 6.39. The van der Waals surface area contributed by atoms with Crippen LogP contribution in [0.4, 0.5) is 0 Å². The molecule has 0 spiro atoms. The molecule has 2 aromatic rings. The second kappa shape index (κ2) is 7.42. The molecule has 25 heavy (non-hydrogen) atoms. The van der Waals surface area contributed by atoms with Gasteiger partial charge >= 0.3 is 0 Å². The zero-order valence-electron chi connectivity index (χ0n) is 14.3. The number of nitrogens with one attached hydrogen (secondary N) is 1. The van der Waals surface area contributed by atoms with Gasteiger partial charge in [-0.3, -0.25) is 9.59 Å². The van der Waals surface area contributed by atoms with Crippen LogP contribution in [0, 0.1) is 5.92 Å². The first-order chi connectivity index (χ1) is 12.1. The van der Waals surface area contributed by atoms with Crippen LogP contribution in [0.25, 0.3) is 0 Å². The van der Waals surface area contributed by atoms with Crippen LogP contribution in [0.3, 0.4) is 0 Å². The summed E-state index contributed by atoms with van der Waals surface area (Å²) in [6.45, 7) is 5.37. The molecule has 0 aromatic carbocycles. The van der Waals surface area contributed by atoms with Gasteiger partial charge in [-0.05, 0) is 30.9 Å². The number of aromatic nitrogens is 3. The molecule has 3 heterocycles. The molecule has 3 rings (SSSR count). The van der Waals surface area contributed by atoms with Crippen LogP contribution in [-0.4, -0.2) is 44.9 Å². The lowest BCUT2D eigenvalue weighted by atomic mass is 10.0. The van der Waals surface area contributed by atoms with E-state index < -0.39 is 6.04 Å². The van der Waals surface area contributed by atoms with Crippen LogP contribution in [-0.2, 0) is 0 Å². The number of pyridine rings is 1. The topological polar surface area (TPSA) is 101 Å². The van der Waals surface area contributed by atoms with Gasteiger partial charge in [-0.2, -0.15) is 4.98 Å². The predicted molar refractivity (Wildman–Crippen MR) is 88.7 cm³/mol. The zero-order valence-corrected chi connectivity index (χ0v) is 14.3. The van der Waals surface area contributed by atoms with Crippen molar-refractivity contribution >= 4 is 11.8 Å². The lowest BCUT2D eigenvalue weighted by molar-refractivity contribution is 0.0786. The summed E-state index contributed by atoms with van der Waals surface area (Å²) in [6.07, 6.45) is 3.24. The number of hydrogen-bond acceptors (Lipinski definition) is 6. The van der Waals surface area contributed by atoms with Gasteiger partial charge in [0.1, 0.15) is 11.4 Å². The van der Waals surface area contributed by atoms with Gasteiger partial charge in [-0.25, -0.2) is 4.98 Å². The molecule has 1 unspecified atom stereocenters. The minimum atomic E-state index is -0.397. The molecule has 2 aromatic heterocycles. The molecule has 132 valence electrons. The molecule has 8 nitrogen and oxygen atoms in total. The van der Waals surface area contributed by atoms with E-state index in [-0.39, 0.29) is 29.1 Å². The van der Waals surface area contributed by atoms with Gasteiger partial charge in [0.05, 0.1) is 6.04 Å². The molecule has 0 radical (unpaired) electrons. The van der Waals surface area contributed by atoms with E-state index >= 15 is 0 Å². The van der Waals surface area contributed by atoms with Gasteiger partial charge in [-0.1, -0.05) is 25.1 Å². The molecular formula is C17H21N5O3. The van der Waals surface area contributed by atoms with Gasteiger partial charge < -0.3 is 14.7 Å². The van der Waals surface area contributed by atoms with Gasteiger partial charge in [0.25, 0.3) is 11.8 Å². The first-order valence-electron chi connectivity index (χ1n) is 8.39. The Balaban J connectivity index is 1.75. The van der Waals surface area contributed by atoms with Crippen molar-refractivity contribution in [2.75, 3.05) is 13.1 Å². The lowest BCUT2D eigenvalue weighted by Gasteiger charge is -2.19. The van der Waals surface area contributed by atoms with Gasteiger partial charge in [0.2, 0.25) is 6.39 Å². The summed E-state index contributed by atoms with van der Waals surface area (Å²) in [7, 11) is 0. The number of hydrogen-bond donors (Lipinski definition) is 1. The number of carbonyl (C=O) groups excluding carboxylic acids is 2. The Morgan fingerprint density at radius 3 is 2.56 bits per heavy atom. The number of rotatable bonds is 5. The van der Waals surface area contributed by atoms with Gasteiger partial charge in [-0.15, -0.1) is 0 Å². The van der Waals surface area contributed by atoms with E-state index in [9.17, 15) is 9.59 Å². The fourth-order valence-corrected chi connectivity index (χ4v) is 2.82. The smallest absolute Gasteiger partial charge is 0.272 e. The third-order valence-corrected chi connectivity index (χ3v) is 4.20. The Morgan fingerprint density at radius 1 is 1.20 bits per heavy atom. The monoisotopic (exact) mass is 343 g/mol. The Labute approximate surface area is 145 Å². The summed E-state index contributed by atoms with van der Waals surface area (Å²) in [5, 5.41) is 6.66. The molecule has 8 heteroatoms. The molecule has 0 saturated carbocycles. The molecule has 1 N–H and O–H groups in total. The van der Waals surface area contributed by atoms with Gasteiger partial charge in [0, 0.05) is 13.1 Å². The Hall–Kier alpha value is -2.77. The van der Waals surface area contributed by atoms with Crippen molar-refractivity contribution in [2.45, 2.75) is 32.7 Å². The van der Waals surface area contributed by atoms with E-state index in [1.165, 1.54) is 6.39 Å². The fraction of sp³-hybridized carbons (Fsp3) is 0.471. The van der Waals surface area contributed by atoms with Crippen LogP contribution in [0.1, 0.15) is 59.5 Å². The quantitative estimate of drug-likeness (QED) is 0.889. The summed E-state index contributed by atoms with van der Waals surface area (Å²) in [4.78, 5) is 35.0. The highest BCUT2D eigenvalue weighted by Crippen LogP contribution is 2.18. The predicted octanol–water partition coefficient (Wildman–Crippen LogP) is 1.83. The van der Waals surface area contributed by atoms with Crippen molar-refractivity contribution in [3.63, 3.8) is 0 Å². The molecular weight excluding hydrogens is 322 g/mol. The van der Waals surface area contributed by atoms with Crippen molar-refractivity contribution in [3.05, 3.63) is 41.8 Å². The second-order valence-electron chi connectivity index (χ2n) is 6.39. The van der Waals surface area contributed by atoms with Crippen LogP contribution in [0.2, 0.25) is 0 Å². The molecule has 1 atom stereocenters. The van der Waals surface area contributed by atoms with Crippen LogP contribution >= 0.6 is 0 Å². The van der Waals surface area contributed by atoms with E-state index in [0.29, 0.717) is 5.82 Å². The first kappa shape index (κ1) is 17.1. The van der Waals surface area contributed by atoms with Crippen molar-refractivity contribution in [1.29, 1.82) is 0 Å². The lowest BCUT2D eigenvalue weighted by Crippen LogP contribution is -2.34. The largest absolute Gasteiger partial charge is 0.343 e. The Morgan fingerprint density at radius 2 is 1.92 bits per heavy atom. The Kier molecular flexibility index (Phi) is 5.06. The SMILES string of the molecule is CC(C)C(NC(=O)c1cccc(C(=O)N2CCCC2)n1)c1ncon1. The first-order valence-corrected chi connectivity index (χ1v) is 8.39. The minimum Gasteiger partial charge on any atom is -0.343 e. The van der Waals surface area contributed by atoms with Crippen molar-refractivity contribution in [2.24, 2.45) is 5.92 Å². The van der Waals surface area contributed by atoms with E-state index in [1.807, 2.05) is 13.8 Å². The van der Waals surface area contributed by atoms with Crippen molar-refractivity contribution in [1.82, 2.24) is 25.3 Å². The minimum absolute atomic E-state index is 0.0657. The van der Waals surface area contributed by atoms with Crippen molar-refractivity contribution < 1.29 is 14.1 Å². The molecule has 1 saturated heterocycles. The van der Waals surface area contributed by atoms with Crippen LogP contribution in [0.5, 0.6) is 0 Å². The summed E-state index contributed by atoms with van der Waals surface area (Å²) >= 11 is 0. The average molecular weight is 343 g/mol. The molecule has 2 amide bonds. The van der Waals surface area contributed by atoms with Crippen LogP contribution in [0.15, 0.2) is 29.1 Å². The number of amides is 2. The van der Waals surface area contributed by atoms with E-state index in [2.05, 4.69) is 20.4 Å². The zero-order chi connectivity index (χ0) is 17.8.